The second-order valence-corrected chi connectivity index (χ2v) is 4.21. The van der Waals surface area contributed by atoms with E-state index in [2.05, 4.69) is 11.1 Å². The van der Waals surface area contributed by atoms with E-state index in [-0.39, 0.29) is 0 Å². The summed E-state index contributed by atoms with van der Waals surface area (Å²) in [6.45, 7) is 2.67. The zero-order chi connectivity index (χ0) is 12.5. The largest absolute Gasteiger partial charge is 0.459 e. The van der Waals surface area contributed by atoms with Crippen LogP contribution in [-0.2, 0) is 6.54 Å². The van der Waals surface area contributed by atoms with Crippen LogP contribution in [0.3, 0.4) is 0 Å². The molecule has 4 nitrogen and oxygen atoms in total. The molecule has 0 spiro atoms. The van der Waals surface area contributed by atoms with Gasteiger partial charge in [-0.25, -0.2) is 4.98 Å². The van der Waals surface area contributed by atoms with E-state index < -0.39 is 0 Å². The minimum Gasteiger partial charge on any atom is -0.459 e. The van der Waals surface area contributed by atoms with E-state index >= 15 is 0 Å². The number of benzene rings is 1. The van der Waals surface area contributed by atoms with Gasteiger partial charge in [0.1, 0.15) is 11.3 Å². The molecule has 4 heteroatoms. The van der Waals surface area contributed by atoms with E-state index in [1.54, 1.807) is 18.6 Å². The molecule has 1 aromatic carbocycles. The van der Waals surface area contributed by atoms with Crippen molar-refractivity contribution in [2.24, 2.45) is 0 Å². The van der Waals surface area contributed by atoms with Gasteiger partial charge in [-0.05, 0) is 25.1 Å². The first-order valence-corrected chi connectivity index (χ1v) is 5.66. The van der Waals surface area contributed by atoms with Crippen molar-refractivity contribution in [2.75, 3.05) is 0 Å². The number of furan rings is 1. The average Bonchev–Trinajstić information content (AvgIpc) is 2.99. The maximum Gasteiger partial charge on any atom is 0.134 e. The molecule has 0 amide bonds. The molecule has 0 aliphatic carbocycles. The van der Waals surface area contributed by atoms with Gasteiger partial charge in [0.15, 0.2) is 0 Å². The Labute approximate surface area is 104 Å². The molecule has 0 N–H and O–H groups in total. The Bertz CT molecular complexity index is 732. The van der Waals surface area contributed by atoms with Gasteiger partial charge in [0, 0.05) is 23.3 Å². The molecule has 0 aliphatic rings. The van der Waals surface area contributed by atoms with Gasteiger partial charge in [-0.1, -0.05) is 0 Å². The third-order valence-electron chi connectivity index (χ3n) is 3.05. The molecule has 18 heavy (non-hydrogen) atoms. The molecule has 88 valence electrons. The Balaban J connectivity index is 2.09. The summed E-state index contributed by atoms with van der Waals surface area (Å²) in [5.74, 6) is 0.901. The van der Waals surface area contributed by atoms with Crippen LogP contribution in [0.25, 0.3) is 11.0 Å². The second-order valence-electron chi connectivity index (χ2n) is 4.21. The van der Waals surface area contributed by atoms with Crippen LogP contribution in [0.5, 0.6) is 0 Å². The van der Waals surface area contributed by atoms with Gasteiger partial charge in [-0.2, -0.15) is 5.26 Å². The van der Waals surface area contributed by atoms with Gasteiger partial charge < -0.3 is 8.98 Å². The van der Waals surface area contributed by atoms with Gasteiger partial charge in [0.2, 0.25) is 0 Å². The third-order valence-corrected chi connectivity index (χ3v) is 3.05. The number of rotatable bonds is 2. The Hall–Kier alpha value is -2.54. The first-order valence-electron chi connectivity index (χ1n) is 5.66. The number of aromatic nitrogens is 2. The molecule has 2 heterocycles. The lowest BCUT2D eigenvalue weighted by Gasteiger charge is -1.99. The van der Waals surface area contributed by atoms with E-state index in [1.807, 2.05) is 29.8 Å². The van der Waals surface area contributed by atoms with Crippen LogP contribution in [0, 0.1) is 18.3 Å². The molecule has 0 saturated heterocycles. The highest BCUT2D eigenvalue weighted by Crippen LogP contribution is 2.26. The molecule has 0 fully saturated rings. The predicted molar refractivity (Wildman–Crippen MR) is 67.0 cm³/mol. The van der Waals surface area contributed by atoms with Crippen LogP contribution in [0.15, 0.2) is 41.3 Å². The fourth-order valence-electron chi connectivity index (χ4n) is 2.04. The normalized spacial score (nSPS) is 10.7. The van der Waals surface area contributed by atoms with E-state index in [0.29, 0.717) is 12.1 Å². The summed E-state index contributed by atoms with van der Waals surface area (Å²) >= 11 is 0. The summed E-state index contributed by atoms with van der Waals surface area (Å²) in [5.41, 5.74) is 2.55. The van der Waals surface area contributed by atoms with Gasteiger partial charge in [0.25, 0.3) is 0 Å². The first kappa shape index (κ1) is 10.6. The van der Waals surface area contributed by atoms with E-state index in [4.69, 9.17) is 9.68 Å². The quantitative estimate of drug-likeness (QED) is 0.688. The van der Waals surface area contributed by atoms with Gasteiger partial charge in [-0.15, -0.1) is 0 Å². The number of hydrogen-bond donors (Lipinski definition) is 0. The number of aryl methyl sites for hydroxylation is 1. The fraction of sp³-hybridized carbons (Fsp3) is 0.143. The highest BCUT2D eigenvalue weighted by atomic mass is 16.3. The Morgan fingerprint density at radius 2 is 2.33 bits per heavy atom. The second kappa shape index (κ2) is 4.04. The van der Waals surface area contributed by atoms with E-state index in [0.717, 1.165) is 22.3 Å². The zero-order valence-corrected chi connectivity index (χ0v) is 9.92. The standard InChI is InChI=1S/C14H11N3O/c1-10-12-6-11(7-15)2-3-13(12)18-14(10)8-17-5-4-16-9-17/h2-6,9H,8H2,1H3. The smallest absolute Gasteiger partial charge is 0.134 e. The highest BCUT2D eigenvalue weighted by molar-refractivity contribution is 5.83. The van der Waals surface area contributed by atoms with Crippen LogP contribution < -0.4 is 0 Å². The summed E-state index contributed by atoms with van der Waals surface area (Å²) in [6.07, 6.45) is 5.40. The summed E-state index contributed by atoms with van der Waals surface area (Å²) < 4.78 is 7.77. The maximum absolute atomic E-state index is 8.91. The maximum atomic E-state index is 8.91. The van der Waals surface area contributed by atoms with Crippen molar-refractivity contribution in [3.63, 3.8) is 0 Å². The Morgan fingerprint density at radius 1 is 1.44 bits per heavy atom. The summed E-state index contributed by atoms with van der Waals surface area (Å²) in [7, 11) is 0. The lowest BCUT2D eigenvalue weighted by Crippen LogP contribution is -1.95. The molecule has 0 bridgehead atoms. The third kappa shape index (κ3) is 1.66. The number of imidazole rings is 1. The average molecular weight is 237 g/mol. The van der Waals surface area contributed by atoms with Crippen molar-refractivity contribution >= 4 is 11.0 Å². The minimum absolute atomic E-state index is 0.653. The van der Waals surface area contributed by atoms with E-state index in [1.165, 1.54) is 0 Å². The summed E-state index contributed by atoms with van der Waals surface area (Å²) in [6, 6.07) is 7.63. The summed E-state index contributed by atoms with van der Waals surface area (Å²) in [4.78, 5) is 4.01. The molecular weight excluding hydrogens is 226 g/mol. The van der Waals surface area contributed by atoms with Crippen LogP contribution in [0.4, 0.5) is 0 Å². The molecule has 0 unspecified atom stereocenters. The molecule has 0 saturated carbocycles. The Kier molecular flexibility index (Phi) is 2.38. The lowest BCUT2D eigenvalue weighted by atomic mass is 10.1. The van der Waals surface area contributed by atoms with Gasteiger partial charge in [-0.3, -0.25) is 0 Å². The van der Waals surface area contributed by atoms with Crippen molar-refractivity contribution < 1.29 is 4.42 Å². The van der Waals surface area contributed by atoms with Gasteiger partial charge >= 0.3 is 0 Å². The molecule has 2 aromatic heterocycles. The fourth-order valence-corrected chi connectivity index (χ4v) is 2.04. The number of nitriles is 1. The minimum atomic E-state index is 0.653. The van der Waals surface area contributed by atoms with Crippen molar-refractivity contribution in [2.45, 2.75) is 13.5 Å². The molecule has 3 rings (SSSR count). The molecular formula is C14H11N3O. The van der Waals surface area contributed by atoms with Crippen LogP contribution in [-0.4, -0.2) is 9.55 Å². The van der Waals surface area contributed by atoms with Gasteiger partial charge in [0.05, 0.1) is 24.5 Å². The molecule has 0 aliphatic heterocycles. The molecule has 0 radical (unpaired) electrons. The Morgan fingerprint density at radius 3 is 3.06 bits per heavy atom. The van der Waals surface area contributed by atoms with E-state index in [9.17, 15) is 0 Å². The highest BCUT2D eigenvalue weighted by Gasteiger charge is 2.11. The number of nitrogens with zero attached hydrogens (tertiary/aromatic N) is 3. The lowest BCUT2D eigenvalue weighted by molar-refractivity contribution is 0.524. The summed E-state index contributed by atoms with van der Waals surface area (Å²) in [5, 5.41) is 9.91. The molecule has 3 aromatic rings. The first-order chi connectivity index (χ1) is 8.78. The molecule has 0 atom stereocenters. The van der Waals surface area contributed by atoms with Crippen molar-refractivity contribution in [3.05, 3.63) is 53.8 Å². The van der Waals surface area contributed by atoms with Crippen molar-refractivity contribution in [1.82, 2.24) is 9.55 Å². The predicted octanol–water partition coefficient (Wildman–Crippen LogP) is 2.86. The van der Waals surface area contributed by atoms with Crippen LogP contribution in [0.2, 0.25) is 0 Å². The SMILES string of the molecule is Cc1c(Cn2ccnc2)oc2ccc(C#N)cc12. The van der Waals surface area contributed by atoms with Crippen molar-refractivity contribution in [3.8, 4) is 6.07 Å². The number of fused-ring (bicyclic) bond motifs is 1. The van der Waals surface area contributed by atoms with Crippen LogP contribution >= 0.6 is 0 Å². The topological polar surface area (TPSA) is 54.8 Å². The van der Waals surface area contributed by atoms with Crippen LogP contribution in [0.1, 0.15) is 16.9 Å². The monoisotopic (exact) mass is 237 g/mol. The van der Waals surface area contributed by atoms with Crippen molar-refractivity contribution in [1.29, 1.82) is 5.26 Å². The number of hydrogen-bond acceptors (Lipinski definition) is 3. The zero-order valence-electron chi connectivity index (χ0n) is 9.92.